The zero-order valence-electron chi connectivity index (χ0n) is 13.8. The molecule has 0 radical (unpaired) electrons. The number of anilines is 1. The van der Waals surface area contributed by atoms with Gasteiger partial charge in [0, 0.05) is 16.6 Å². The van der Waals surface area contributed by atoms with Gasteiger partial charge in [0.2, 0.25) is 5.91 Å². The number of halogens is 2. The second kappa shape index (κ2) is 7.74. The Hall–Kier alpha value is -1.61. The quantitative estimate of drug-likeness (QED) is 0.719. The molecule has 0 saturated heterocycles. The van der Waals surface area contributed by atoms with Crippen LogP contribution in [0.1, 0.15) is 31.6 Å². The number of carbonyl (C=O) groups excluding carboxylic acids is 1. The molecule has 1 amide bonds. The number of rotatable bonds is 7. The zero-order valence-corrected chi connectivity index (χ0v) is 15.4. The van der Waals surface area contributed by atoms with Gasteiger partial charge in [0.1, 0.15) is 5.82 Å². The summed E-state index contributed by atoms with van der Waals surface area (Å²) in [5.74, 6) is -1.75. The maximum absolute atomic E-state index is 12.4. The van der Waals surface area contributed by atoms with E-state index in [-0.39, 0.29) is 11.2 Å². The van der Waals surface area contributed by atoms with Gasteiger partial charge in [-0.05, 0) is 51.0 Å². The fourth-order valence-electron chi connectivity index (χ4n) is 2.36. The molecule has 25 heavy (non-hydrogen) atoms. The highest BCUT2D eigenvalue weighted by molar-refractivity contribution is 8.00. The molecule has 1 atom stereocenters. The van der Waals surface area contributed by atoms with Gasteiger partial charge in [-0.25, -0.2) is 0 Å². The van der Waals surface area contributed by atoms with E-state index in [2.05, 4.69) is 20.1 Å². The van der Waals surface area contributed by atoms with E-state index in [0.717, 1.165) is 23.8 Å². The molecule has 0 spiro atoms. The van der Waals surface area contributed by atoms with Gasteiger partial charge in [-0.3, -0.25) is 4.79 Å². The highest BCUT2D eigenvalue weighted by atomic mass is 32.2. The van der Waals surface area contributed by atoms with Gasteiger partial charge in [-0.2, -0.15) is 8.78 Å². The summed E-state index contributed by atoms with van der Waals surface area (Å²) in [5, 5.41) is 11.5. The van der Waals surface area contributed by atoms with Gasteiger partial charge in [0.15, 0.2) is 5.16 Å². The van der Waals surface area contributed by atoms with Gasteiger partial charge in [-0.15, -0.1) is 10.2 Å². The Kier molecular flexibility index (Phi) is 5.63. The molecule has 1 aliphatic carbocycles. The van der Waals surface area contributed by atoms with Crippen LogP contribution >= 0.6 is 23.5 Å². The fourth-order valence-corrected chi connectivity index (χ4v) is 3.82. The van der Waals surface area contributed by atoms with E-state index in [0.29, 0.717) is 28.4 Å². The second-order valence-corrected chi connectivity index (χ2v) is 8.15. The van der Waals surface area contributed by atoms with Crippen molar-refractivity contribution >= 4 is 35.1 Å². The molecule has 1 aliphatic rings. The molecule has 134 valence electrons. The van der Waals surface area contributed by atoms with Crippen molar-refractivity contribution in [2.45, 2.75) is 53.8 Å². The number of aryl methyl sites for hydroxylation is 1. The van der Waals surface area contributed by atoms with Crippen LogP contribution in [-0.4, -0.2) is 31.7 Å². The first-order valence-electron chi connectivity index (χ1n) is 7.88. The Morgan fingerprint density at radius 3 is 2.52 bits per heavy atom. The van der Waals surface area contributed by atoms with Crippen molar-refractivity contribution in [3.05, 3.63) is 30.1 Å². The molecule has 1 N–H and O–H groups in total. The van der Waals surface area contributed by atoms with E-state index >= 15 is 0 Å². The smallest absolute Gasteiger partial charge is 0.288 e. The largest absolute Gasteiger partial charge is 0.325 e. The number of alkyl halides is 2. The lowest BCUT2D eigenvalue weighted by atomic mass is 10.3. The van der Waals surface area contributed by atoms with Crippen molar-refractivity contribution in [2.24, 2.45) is 0 Å². The Balaban J connectivity index is 1.59. The van der Waals surface area contributed by atoms with Crippen molar-refractivity contribution in [2.75, 3.05) is 5.32 Å². The molecule has 0 aliphatic heterocycles. The number of hydrogen-bond acceptors (Lipinski definition) is 5. The van der Waals surface area contributed by atoms with Gasteiger partial charge >= 0.3 is 0 Å². The van der Waals surface area contributed by atoms with Crippen molar-refractivity contribution in [3.63, 3.8) is 0 Å². The maximum atomic E-state index is 12.4. The van der Waals surface area contributed by atoms with Crippen LogP contribution in [0.15, 0.2) is 34.3 Å². The first-order valence-corrected chi connectivity index (χ1v) is 9.64. The molecule has 1 aromatic carbocycles. The molecular weight excluding hydrogens is 366 g/mol. The Bertz CT molecular complexity index is 747. The summed E-state index contributed by atoms with van der Waals surface area (Å²) in [5.41, 5.74) is 0.580. The minimum absolute atomic E-state index is 0.165. The fraction of sp³-hybridized carbons (Fsp3) is 0.438. The van der Waals surface area contributed by atoms with Gasteiger partial charge < -0.3 is 9.88 Å². The van der Waals surface area contributed by atoms with Crippen LogP contribution in [-0.2, 0) is 4.79 Å². The third-order valence-corrected chi connectivity index (χ3v) is 5.52. The number of thioether (sulfide) groups is 2. The summed E-state index contributed by atoms with van der Waals surface area (Å²) in [6.45, 7) is 3.72. The van der Waals surface area contributed by atoms with E-state index in [1.807, 2.05) is 13.8 Å². The number of hydrogen-bond donors (Lipinski definition) is 1. The number of nitrogens with one attached hydrogen (secondary N) is 1. The molecule has 1 aromatic heterocycles. The SMILES string of the molecule is Cc1nnc(S[C@H](C)C(=O)Nc2ccc(SC(F)F)cc2)n1C1CC1. The summed E-state index contributed by atoms with van der Waals surface area (Å²) in [7, 11) is 0. The van der Waals surface area contributed by atoms with E-state index in [1.54, 1.807) is 24.3 Å². The predicted octanol–water partition coefficient (Wildman–Crippen LogP) is 4.36. The minimum Gasteiger partial charge on any atom is -0.325 e. The minimum atomic E-state index is -2.45. The van der Waals surface area contributed by atoms with Crippen LogP contribution in [0.4, 0.5) is 14.5 Å². The summed E-state index contributed by atoms with van der Waals surface area (Å²) < 4.78 is 26.7. The maximum Gasteiger partial charge on any atom is 0.288 e. The molecular formula is C16H18F2N4OS2. The number of benzene rings is 1. The molecule has 2 aromatic rings. The van der Waals surface area contributed by atoms with E-state index in [9.17, 15) is 13.6 Å². The molecule has 1 fully saturated rings. The van der Waals surface area contributed by atoms with Gasteiger partial charge in [-0.1, -0.05) is 23.5 Å². The Morgan fingerprint density at radius 2 is 1.92 bits per heavy atom. The number of aromatic nitrogens is 3. The summed E-state index contributed by atoms with van der Waals surface area (Å²) in [6.07, 6.45) is 2.24. The molecule has 0 unspecified atom stereocenters. The van der Waals surface area contributed by atoms with Crippen LogP contribution in [0.2, 0.25) is 0 Å². The average molecular weight is 384 g/mol. The van der Waals surface area contributed by atoms with Gasteiger partial charge in [0.05, 0.1) is 5.25 Å². The number of nitrogens with zero attached hydrogens (tertiary/aromatic N) is 3. The Labute approximate surface area is 153 Å². The molecule has 5 nitrogen and oxygen atoms in total. The van der Waals surface area contributed by atoms with Crippen molar-refractivity contribution < 1.29 is 13.6 Å². The van der Waals surface area contributed by atoms with E-state index in [4.69, 9.17) is 0 Å². The highest BCUT2D eigenvalue weighted by Crippen LogP contribution is 2.39. The Morgan fingerprint density at radius 1 is 1.24 bits per heavy atom. The first-order chi connectivity index (χ1) is 11.9. The zero-order chi connectivity index (χ0) is 18.0. The lowest BCUT2D eigenvalue weighted by Gasteiger charge is -2.13. The topological polar surface area (TPSA) is 59.8 Å². The van der Waals surface area contributed by atoms with Gasteiger partial charge in [0.25, 0.3) is 5.76 Å². The van der Waals surface area contributed by atoms with Crippen molar-refractivity contribution in [1.29, 1.82) is 0 Å². The molecule has 0 bridgehead atoms. The average Bonchev–Trinajstić information content (AvgIpc) is 3.33. The van der Waals surface area contributed by atoms with Crippen LogP contribution < -0.4 is 5.32 Å². The van der Waals surface area contributed by atoms with Crippen LogP contribution in [0.25, 0.3) is 0 Å². The second-order valence-electron chi connectivity index (χ2n) is 5.78. The number of carbonyl (C=O) groups is 1. The molecule has 3 rings (SSSR count). The highest BCUT2D eigenvalue weighted by Gasteiger charge is 2.29. The standard InChI is InChI=1S/C16H18F2N4OS2/c1-9(24-16-21-20-10(2)22(16)12-5-6-12)14(23)19-11-3-7-13(8-4-11)25-15(17)18/h3-4,7-9,12,15H,5-6H2,1-2H3,(H,19,23)/t9-/m1/s1. The third kappa shape index (κ3) is 4.72. The molecule has 9 heteroatoms. The van der Waals surface area contributed by atoms with E-state index < -0.39 is 5.76 Å². The van der Waals surface area contributed by atoms with E-state index in [1.165, 1.54) is 11.8 Å². The summed E-state index contributed by atoms with van der Waals surface area (Å²) in [4.78, 5) is 12.8. The van der Waals surface area contributed by atoms with Crippen molar-refractivity contribution in [1.82, 2.24) is 14.8 Å². The van der Waals surface area contributed by atoms with Crippen molar-refractivity contribution in [3.8, 4) is 0 Å². The monoisotopic (exact) mass is 384 g/mol. The lowest BCUT2D eigenvalue weighted by Crippen LogP contribution is -2.22. The van der Waals surface area contributed by atoms with Crippen LogP contribution in [0, 0.1) is 6.92 Å². The summed E-state index contributed by atoms with van der Waals surface area (Å²) >= 11 is 1.85. The van der Waals surface area contributed by atoms with Crippen LogP contribution in [0.3, 0.4) is 0 Å². The normalized spacial score (nSPS) is 15.4. The first kappa shape index (κ1) is 18.2. The number of amides is 1. The lowest BCUT2D eigenvalue weighted by molar-refractivity contribution is -0.115. The van der Waals surface area contributed by atoms with Crippen LogP contribution in [0.5, 0.6) is 0 Å². The third-order valence-electron chi connectivity index (χ3n) is 3.75. The molecule has 1 saturated carbocycles. The summed E-state index contributed by atoms with van der Waals surface area (Å²) in [6, 6.07) is 6.83. The molecule has 1 heterocycles. The predicted molar refractivity (Wildman–Crippen MR) is 95.3 cm³/mol.